The zero-order valence-corrected chi connectivity index (χ0v) is 19.8. The second kappa shape index (κ2) is 11.3. The van der Waals surface area contributed by atoms with Crippen LogP contribution in [-0.4, -0.2) is 26.8 Å². The van der Waals surface area contributed by atoms with Crippen molar-refractivity contribution in [1.82, 2.24) is 10.9 Å². The maximum absolute atomic E-state index is 12.6. The van der Waals surface area contributed by atoms with Gasteiger partial charge in [-0.05, 0) is 67.4 Å². The lowest BCUT2D eigenvalue weighted by Crippen LogP contribution is -2.43. The summed E-state index contributed by atoms with van der Waals surface area (Å²) in [5, 5.41) is 0. The van der Waals surface area contributed by atoms with Crippen molar-refractivity contribution in [3.8, 4) is 5.75 Å². The Morgan fingerprint density at radius 2 is 1.50 bits per heavy atom. The molecular weight excluding hydrogens is 454 g/mol. The van der Waals surface area contributed by atoms with E-state index in [-0.39, 0.29) is 22.3 Å². The summed E-state index contributed by atoms with van der Waals surface area (Å²) >= 11 is 0. The van der Waals surface area contributed by atoms with E-state index in [2.05, 4.69) is 15.6 Å². The summed E-state index contributed by atoms with van der Waals surface area (Å²) in [5.74, 6) is -0.641. The van der Waals surface area contributed by atoms with Crippen LogP contribution in [0.2, 0.25) is 0 Å². The minimum Gasteiger partial charge on any atom is -0.494 e. The van der Waals surface area contributed by atoms with Crippen molar-refractivity contribution in [3.05, 3.63) is 90.0 Å². The van der Waals surface area contributed by atoms with Gasteiger partial charge in [0.25, 0.3) is 15.9 Å². The fourth-order valence-electron chi connectivity index (χ4n) is 3.32. The first-order valence-corrected chi connectivity index (χ1v) is 12.3. The van der Waals surface area contributed by atoms with E-state index in [0.29, 0.717) is 24.5 Å². The Balaban J connectivity index is 1.59. The Hall–Kier alpha value is -3.85. The second-order valence-electron chi connectivity index (χ2n) is 7.40. The molecule has 0 heterocycles. The normalized spacial score (nSPS) is 11.8. The molecule has 178 valence electrons. The van der Waals surface area contributed by atoms with E-state index >= 15 is 0 Å². The number of anilines is 1. The van der Waals surface area contributed by atoms with Crippen molar-refractivity contribution < 1.29 is 22.7 Å². The molecule has 0 saturated carbocycles. The van der Waals surface area contributed by atoms with Crippen LogP contribution in [0.1, 0.15) is 42.1 Å². The Labute approximate surface area is 199 Å². The molecule has 8 nitrogen and oxygen atoms in total. The second-order valence-corrected chi connectivity index (χ2v) is 9.08. The number of nitrogens with one attached hydrogen (secondary N) is 3. The number of hydrazine groups is 1. The Bertz CT molecular complexity index is 1210. The monoisotopic (exact) mass is 481 g/mol. The van der Waals surface area contributed by atoms with Crippen molar-refractivity contribution in [1.29, 1.82) is 0 Å². The Morgan fingerprint density at radius 1 is 0.853 bits per heavy atom. The first kappa shape index (κ1) is 24.8. The maximum atomic E-state index is 12.6. The molecule has 3 rings (SSSR count). The summed E-state index contributed by atoms with van der Waals surface area (Å²) in [6.07, 6.45) is 0.578. The first-order chi connectivity index (χ1) is 16.3. The standard InChI is InChI=1S/C25H27N3O5S/c1-3-23(18-8-6-5-7-9-18)25(30)27-26-24(29)19-10-12-20(13-11-19)28-34(31,32)22-16-14-21(15-17-22)33-4-2/h5-17,23,28H,3-4H2,1-2H3,(H,26,29)(H,27,30). The average molecular weight is 482 g/mol. The van der Waals surface area contributed by atoms with Gasteiger partial charge in [-0.3, -0.25) is 25.2 Å². The van der Waals surface area contributed by atoms with Gasteiger partial charge in [-0.25, -0.2) is 8.42 Å². The molecule has 34 heavy (non-hydrogen) atoms. The SMILES string of the molecule is CCOc1ccc(S(=O)(=O)Nc2ccc(C(=O)NNC(=O)C(CC)c3ccccc3)cc2)cc1. The third kappa shape index (κ3) is 6.35. The van der Waals surface area contributed by atoms with E-state index in [9.17, 15) is 18.0 Å². The fourth-order valence-corrected chi connectivity index (χ4v) is 4.38. The Kier molecular flexibility index (Phi) is 8.26. The lowest BCUT2D eigenvalue weighted by Gasteiger charge is -2.16. The summed E-state index contributed by atoms with van der Waals surface area (Å²) < 4.78 is 33.0. The summed E-state index contributed by atoms with van der Waals surface area (Å²) in [5.41, 5.74) is 6.28. The molecule has 1 atom stereocenters. The highest BCUT2D eigenvalue weighted by atomic mass is 32.2. The zero-order chi connectivity index (χ0) is 24.6. The van der Waals surface area contributed by atoms with Crippen molar-refractivity contribution in [2.24, 2.45) is 0 Å². The molecule has 0 fully saturated rings. The third-order valence-electron chi connectivity index (χ3n) is 5.07. The van der Waals surface area contributed by atoms with Gasteiger partial charge in [-0.15, -0.1) is 0 Å². The van der Waals surface area contributed by atoms with E-state index in [4.69, 9.17) is 4.74 Å². The van der Waals surface area contributed by atoms with E-state index in [1.54, 1.807) is 12.1 Å². The van der Waals surface area contributed by atoms with Crippen molar-refractivity contribution in [2.75, 3.05) is 11.3 Å². The minimum atomic E-state index is -3.80. The van der Waals surface area contributed by atoms with E-state index in [0.717, 1.165) is 5.56 Å². The predicted molar refractivity (Wildman–Crippen MR) is 130 cm³/mol. The van der Waals surface area contributed by atoms with Crippen LogP contribution in [0.15, 0.2) is 83.8 Å². The molecule has 0 aliphatic carbocycles. The lowest BCUT2D eigenvalue weighted by molar-refractivity contribution is -0.123. The van der Waals surface area contributed by atoms with Gasteiger partial charge in [0.1, 0.15) is 5.75 Å². The molecule has 0 aliphatic rings. The fraction of sp³-hybridized carbons (Fsp3) is 0.200. The van der Waals surface area contributed by atoms with Crippen molar-refractivity contribution >= 4 is 27.5 Å². The molecule has 0 aliphatic heterocycles. The van der Waals surface area contributed by atoms with E-state index in [1.807, 2.05) is 44.2 Å². The average Bonchev–Trinajstić information content (AvgIpc) is 2.84. The largest absolute Gasteiger partial charge is 0.494 e. The predicted octanol–water partition coefficient (Wildman–Crippen LogP) is 3.84. The lowest BCUT2D eigenvalue weighted by atomic mass is 9.96. The van der Waals surface area contributed by atoms with Crippen LogP contribution in [0, 0.1) is 0 Å². The molecule has 3 aromatic rings. The molecular formula is C25H27N3O5S. The van der Waals surface area contributed by atoms with Gasteiger partial charge in [-0.2, -0.15) is 0 Å². The molecule has 0 spiro atoms. The van der Waals surface area contributed by atoms with Crippen molar-refractivity contribution in [2.45, 2.75) is 31.1 Å². The molecule has 1 unspecified atom stereocenters. The number of amides is 2. The number of sulfonamides is 1. The maximum Gasteiger partial charge on any atom is 0.269 e. The van der Waals surface area contributed by atoms with Crippen LogP contribution in [-0.2, 0) is 14.8 Å². The number of carbonyl (C=O) groups excluding carboxylic acids is 2. The van der Waals surface area contributed by atoms with Gasteiger partial charge in [0.2, 0.25) is 5.91 Å². The molecule has 0 radical (unpaired) electrons. The minimum absolute atomic E-state index is 0.0874. The molecule has 0 bridgehead atoms. The molecule has 2 amide bonds. The van der Waals surface area contributed by atoms with Gasteiger partial charge in [0.15, 0.2) is 0 Å². The van der Waals surface area contributed by atoms with Crippen LogP contribution in [0.25, 0.3) is 0 Å². The van der Waals surface area contributed by atoms with Crippen LogP contribution < -0.4 is 20.3 Å². The summed E-state index contributed by atoms with van der Waals surface area (Å²) in [4.78, 5) is 25.0. The van der Waals surface area contributed by atoms with Crippen LogP contribution in [0.4, 0.5) is 5.69 Å². The number of rotatable bonds is 9. The number of ether oxygens (including phenoxy) is 1. The number of hydrogen-bond acceptors (Lipinski definition) is 5. The Morgan fingerprint density at radius 3 is 2.09 bits per heavy atom. The number of hydrogen-bond donors (Lipinski definition) is 3. The topological polar surface area (TPSA) is 114 Å². The molecule has 0 aromatic heterocycles. The molecule has 3 aromatic carbocycles. The van der Waals surface area contributed by atoms with Gasteiger partial charge >= 0.3 is 0 Å². The third-order valence-corrected chi connectivity index (χ3v) is 6.47. The number of carbonyl (C=O) groups is 2. The van der Waals surface area contributed by atoms with E-state index in [1.165, 1.54) is 36.4 Å². The quantitative estimate of drug-likeness (QED) is 0.402. The molecule has 3 N–H and O–H groups in total. The van der Waals surface area contributed by atoms with Crippen LogP contribution in [0.3, 0.4) is 0 Å². The summed E-state index contributed by atoms with van der Waals surface area (Å²) in [7, 11) is -3.80. The zero-order valence-electron chi connectivity index (χ0n) is 18.9. The molecule has 0 saturated heterocycles. The van der Waals surface area contributed by atoms with Crippen LogP contribution in [0.5, 0.6) is 5.75 Å². The molecule has 9 heteroatoms. The van der Waals surface area contributed by atoms with Crippen molar-refractivity contribution in [3.63, 3.8) is 0 Å². The van der Waals surface area contributed by atoms with E-state index < -0.39 is 15.9 Å². The first-order valence-electron chi connectivity index (χ1n) is 10.8. The summed E-state index contributed by atoms with van der Waals surface area (Å²) in [6, 6.07) is 21.3. The van der Waals surface area contributed by atoms with Gasteiger partial charge in [0, 0.05) is 11.3 Å². The highest BCUT2D eigenvalue weighted by Crippen LogP contribution is 2.20. The van der Waals surface area contributed by atoms with Gasteiger partial charge in [-0.1, -0.05) is 37.3 Å². The van der Waals surface area contributed by atoms with Crippen LogP contribution >= 0.6 is 0 Å². The highest BCUT2D eigenvalue weighted by molar-refractivity contribution is 7.92. The highest BCUT2D eigenvalue weighted by Gasteiger charge is 2.19. The number of benzene rings is 3. The van der Waals surface area contributed by atoms with Gasteiger partial charge < -0.3 is 4.74 Å². The van der Waals surface area contributed by atoms with Gasteiger partial charge in [0.05, 0.1) is 17.4 Å². The summed E-state index contributed by atoms with van der Waals surface area (Å²) in [6.45, 7) is 4.23. The smallest absolute Gasteiger partial charge is 0.269 e.